The number of fused-ring (bicyclic) bond motifs is 1. The number of piperidine rings is 1. The van der Waals surface area contributed by atoms with Gasteiger partial charge in [-0.3, -0.25) is 9.89 Å². The lowest BCUT2D eigenvalue weighted by atomic mass is 9.77. The minimum Gasteiger partial charge on any atom is -0.445 e. The lowest BCUT2D eigenvalue weighted by Gasteiger charge is -2.39. The number of hydrogen-bond acceptors (Lipinski definition) is 5. The van der Waals surface area contributed by atoms with Crippen molar-refractivity contribution in [3.05, 3.63) is 57.6 Å². The van der Waals surface area contributed by atoms with Crippen LogP contribution in [0.25, 0.3) is 11.0 Å². The highest BCUT2D eigenvalue weighted by Gasteiger charge is 2.43. The molecule has 3 heterocycles. The summed E-state index contributed by atoms with van der Waals surface area (Å²) in [7, 11) is 0. The number of nitrogens with zero attached hydrogens (tertiary/aromatic N) is 4. The van der Waals surface area contributed by atoms with Gasteiger partial charge in [-0.1, -0.05) is 28.4 Å². The fourth-order valence-electron chi connectivity index (χ4n) is 4.77. The van der Waals surface area contributed by atoms with E-state index in [0.29, 0.717) is 47.3 Å². The van der Waals surface area contributed by atoms with Crippen LogP contribution in [0.1, 0.15) is 35.2 Å². The molecule has 0 unspecified atom stereocenters. The summed E-state index contributed by atoms with van der Waals surface area (Å²) < 4.78 is 5.49. The van der Waals surface area contributed by atoms with E-state index in [1.165, 1.54) is 0 Å². The molecule has 0 atom stereocenters. The fourth-order valence-corrected chi connectivity index (χ4v) is 5.34. The van der Waals surface area contributed by atoms with Crippen LogP contribution in [0.15, 0.2) is 36.4 Å². The van der Waals surface area contributed by atoms with Gasteiger partial charge in [-0.05, 0) is 66.6 Å². The van der Waals surface area contributed by atoms with Crippen molar-refractivity contribution in [2.75, 3.05) is 26.2 Å². The maximum Gasteiger partial charge on any atom is 0.410 e. The maximum absolute atomic E-state index is 13.0. The molecule has 172 valence electrons. The average molecular weight is 488 g/mol. The number of carbonyl (C=O) groups is 2. The van der Waals surface area contributed by atoms with Gasteiger partial charge >= 0.3 is 6.09 Å². The summed E-state index contributed by atoms with van der Waals surface area (Å²) in [6, 6.07) is 10.5. The van der Waals surface area contributed by atoms with Crippen molar-refractivity contribution in [1.82, 2.24) is 25.2 Å². The van der Waals surface area contributed by atoms with Gasteiger partial charge in [-0.2, -0.15) is 0 Å². The number of H-pyrrole nitrogens is 1. The van der Waals surface area contributed by atoms with E-state index in [1.807, 2.05) is 11.0 Å². The van der Waals surface area contributed by atoms with Crippen LogP contribution in [0.3, 0.4) is 0 Å². The Morgan fingerprint density at radius 1 is 1.00 bits per heavy atom. The summed E-state index contributed by atoms with van der Waals surface area (Å²) in [6.45, 7) is 2.76. The summed E-state index contributed by atoms with van der Waals surface area (Å²) in [5.41, 5.74) is 2.89. The van der Waals surface area contributed by atoms with Crippen LogP contribution in [0.5, 0.6) is 0 Å². The number of carbonyl (C=O) groups excluding carboxylic acids is 2. The first-order valence-electron chi connectivity index (χ1n) is 10.9. The molecule has 3 aromatic rings. The zero-order chi connectivity index (χ0) is 23.0. The van der Waals surface area contributed by atoms with Gasteiger partial charge in [0.25, 0.3) is 5.91 Å². The summed E-state index contributed by atoms with van der Waals surface area (Å²) in [6.07, 6.45) is 2.30. The third-order valence-electron chi connectivity index (χ3n) is 6.67. The Kier molecular flexibility index (Phi) is 5.88. The molecule has 0 saturated carbocycles. The second-order valence-corrected chi connectivity index (χ2v) is 9.71. The number of likely N-dealkylation sites (tertiary alicyclic amines) is 2. The molecule has 2 amide bonds. The molecule has 8 nitrogen and oxygen atoms in total. The predicted molar refractivity (Wildman–Crippen MR) is 124 cm³/mol. The summed E-state index contributed by atoms with van der Waals surface area (Å²) in [5.74, 6) is 0.00388. The Labute approximate surface area is 200 Å². The van der Waals surface area contributed by atoms with Crippen molar-refractivity contribution >= 4 is 46.2 Å². The second-order valence-electron chi connectivity index (χ2n) is 8.84. The molecular formula is C23H23Cl2N5O3. The van der Waals surface area contributed by atoms with Crippen molar-refractivity contribution in [3.8, 4) is 0 Å². The quantitative estimate of drug-likeness (QED) is 0.585. The van der Waals surface area contributed by atoms with E-state index < -0.39 is 0 Å². The van der Waals surface area contributed by atoms with Crippen LogP contribution >= 0.6 is 23.2 Å². The van der Waals surface area contributed by atoms with Crippen molar-refractivity contribution in [3.63, 3.8) is 0 Å². The monoisotopic (exact) mass is 487 g/mol. The molecule has 2 aromatic carbocycles. The molecule has 1 spiro atoms. The first-order valence-corrected chi connectivity index (χ1v) is 11.6. The highest BCUT2D eigenvalue weighted by molar-refractivity contribution is 6.34. The van der Waals surface area contributed by atoms with E-state index >= 15 is 0 Å². The molecule has 33 heavy (non-hydrogen) atoms. The molecule has 5 rings (SSSR count). The first kappa shape index (κ1) is 22.0. The number of ether oxygens (including phenoxy) is 1. The van der Waals surface area contributed by atoms with Gasteiger partial charge in [-0.25, -0.2) is 4.79 Å². The molecule has 0 radical (unpaired) electrons. The van der Waals surface area contributed by atoms with Gasteiger partial charge in [0.1, 0.15) is 12.1 Å². The third-order valence-corrected chi connectivity index (χ3v) is 7.10. The fraction of sp³-hybridized carbons (Fsp3) is 0.391. The molecular weight excluding hydrogens is 465 g/mol. The zero-order valence-electron chi connectivity index (χ0n) is 17.9. The van der Waals surface area contributed by atoms with Crippen LogP contribution in [0.4, 0.5) is 4.79 Å². The number of amides is 2. The smallest absolute Gasteiger partial charge is 0.410 e. The third kappa shape index (κ3) is 4.63. The summed E-state index contributed by atoms with van der Waals surface area (Å²) in [5, 5.41) is 11.6. The number of aromatic nitrogens is 3. The van der Waals surface area contributed by atoms with Crippen LogP contribution in [0.2, 0.25) is 10.0 Å². The predicted octanol–water partition coefficient (Wildman–Crippen LogP) is 4.53. The van der Waals surface area contributed by atoms with Gasteiger partial charge in [0.05, 0.1) is 5.52 Å². The van der Waals surface area contributed by atoms with E-state index in [1.54, 1.807) is 35.2 Å². The number of hydrogen-bond donors (Lipinski definition) is 1. The molecule has 2 fully saturated rings. The van der Waals surface area contributed by atoms with Crippen molar-refractivity contribution in [1.29, 1.82) is 0 Å². The normalized spacial score (nSPS) is 17.6. The molecule has 2 aliphatic heterocycles. The van der Waals surface area contributed by atoms with Crippen LogP contribution < -0.4 is 0 Å². The van der Waals surface area contributed by atoms with Crippen molar-refractivity contribution in [2.45, 2.75) is 25.9 Å². The van der Waals surface area contributed by atoms with Crippen molar-refractivity contribution in [2.24, 2.45) is 5.41 Å². The molecule has 10 heteroatoms. The van der Waals surface area contributed by atoms with E-state index in [-0.39, 0.29) is 24.0 Å². The average Bonchev–Trinajstić information content (AvgIpc) is 3.44. The molecule has 1 aromatic heterocycles. The maximum atomic E-state index is 13.0. The lowest BCUT2D eigenvalue weighted by Crippen LogP contribution is -2.44. The number of halogens is 2. The van der Waals surface area contributed by atoms with Crippen LogP contribution in [-0.4, -0.2) is 63.4 Å². The van der Waals surface area contributed by atoms with Crippen molar-refractivity contribution < 1.29 is 14.3 Å². The number of aromatic amines is 1. The lowest BCUT2D eigenvalue weighted by molar-refractivity contribution is 0.0570. The SMILES string of the molecule is O=C(OCc1cc(Cl)cc(Cl)c1)N1CCC2(CCN(C(=O)c3ccc4[nH]nnc4c3)CC2)C1. The minimum absolute atomic E-state index is 0.00388. The zero-order valence-corrected chi connectivity index (χ0v) is 19.4. The summed E-state index contributed by atoms with van der Waals surface area (Å²) >= 11 is 12.0. The van der Waals surface area contributed by atoms with E-state index in [0.717, 1.165) is 30.3 Å². The van der Waals surface area contributed by atoms with Gasteiger partial charge in [-0.15, -0.1) is 5.10 Å². The molecule has 2 saturated heterocycles. The molecule has 0 aliphatic carbocycles. The molecule has 1 N–H and O–H groups in total. The van der Waals surface area contributed by atoms with Gasteiger partial charge in [0, 0.05) is 41.8 Å². The van der Waals surface area contributed by atoms with E-state index in [2.05, 4.69) is 15.4 Å². The Bertz CT molecular complexity index is 1190. The topological polar surface area (TPSA) is 91.4 Å². The van der Waals surface area contributed by atoms with Gasteiger partial charge < -0.3 is 14.5 Å². The summed E-state index contributed by atoms with van der Waals surface area (Å²) in [4.78, 5) is 29.2. The minimum atomic E-state index is -0.331. The standard InChI is InChI=1S/C23H23Cl2N5O3/c24-17-9-15(10-18(25)12-17)13-33-22(32)30-8-5-23(14-30)3-6-29(7-4-23)21(31)16-1-2-19-20(11-16)27-28-26-19/h1-2,9-12H,3-8,13-14H2,(H,26,27,28). The van der Waals surface area contributed by atoms with Crippen LogP contribution in [0, 0.1) is 5.41 Å². The Hall–Kier alpha value is -2.84. The highest BCUT2D eigenvalue weighted by atomic mass is 35.5. The second kappa shape index (κ2) is 8.83. The Morgan fingerprint density at radius 2 is 1.70 bits per heavy atom. The number of nitrogens with one attached hydrogen (secondary N) is 1. The molecule has 2 aliphatic rings. The van der Waals surface area contributed by atoms with E-state index in [4.69, 9.17) is 27.9 Å². The molecule has 0 bridgehead atoms. The van der Waals surface area contributed by atoms with Gasteiger partial charge in [0.15, 0.2) is 0 Å². The first-order chi connectivity index (χ1) is 15.9. The number of benzene rings is 2. The largest absolute Gasteiger partial charge is 0.445 e. The highest BCUT2D eigenvalue weighted by Crippen LogP contribution is 2.41. The Balaban J connectivity index is 1.15. The Morgan fingerprint density at radius 3 is 2.42 bits per heavy atom. The number of rotatable bonds is 3. The van der Waals surface area contributed by atoms with E-state index in [9.17, 15) is 9.59 Å². The van der Waals surface area contributed by atoms with Crippen LogP contribution in [-0.2, 0) is 11.3 Å². The van der Waals surface area contributed by atoms with Gasteiger partial charge in [0.2, 0.25) is 0 Å².